The maximum atomic E-state index is 5.76. The lowest BCUT2D eigenvalue weighted by Crippen LogP contribution is -2.40. The van der Waals surface area contributed by atoms with Crippen LogP contribution >= 0.6 is 24.0 Å². The van der Waals surface area contributed by atoms with E-state index in [1.165, 1.54) is 0 Å². The summed E-state index contributed by atoms with van der Waals surface area (Å²) in [6.45, 7) is 5.91. The number of ether oxygens (including phenoxy) is 2. The van der Waals surface area contributed by atoms with Gasteiger partial charge < -0.3 is 20.5 Å². The van der Waals surface area contributed by atoms with Crippen molar-refractivity contribution < 1.29 is 9.47 Å². The van der Waals surface area contributed by atoms with E-state index in [1.54, 1.807) is 7.11 Å². The smallest absolute Gasteiger partial charge is 0.188 e. The average Bonchev–Trinajstić information content (AvgIpc) is 2.40. The van der Waals surface area contributed by atoms with Crippen LogP contribution < -0.4 is 15.8 Å². The van der Waals surface area contributed by atoms with Crippen molar-refractivity contribution in [3.8, 4) is 5.75 Å². The topological polar surface area (TPSA) is 68.9 Å². The van der Waals surface area contributed by atoms with Gasteiger partial charge in [-0.15, -0.1) is 24.0 Å². The highest BCUT2D eigenvalue weighted by Gasteiger charge is 2.01. The predicted molar refractivity (Wildman–Crippen MR) is 97.7 cm³/mol. The normalized spacial score (nSPS) is 12.4. The first-order valence-corrected chi connectivity index (χ1v) is 6.87. The number of hydrogen-bond acceptors (Lipinski definition) is 3. The van der Waals surface area contributed by atoms with E-state index >= 15 is 0 Å². The van der Waals surface area contributed by atoms with Crippen molar-refractivity contribution >= 4 is 29.9 Å². The summed E-state index contributed by atoms with van der Waals surface area (Å²) in [4.78, 5) is 4.25. The van der Waals surface area contributed by atoms with Crippen LogP contribution in [0.3, 0.4) is 0 Å². The summed E-state index contributed by atoms with van der Waals surface area (Å²) in [6, 6.07) is 8.14. The molecule has 1 rings (SSSR count). The van der Waals surface area contributed by atoms with E-state index in [1.807, 2.05) is 38.1 Å². The van der Waals surface area contributed by atoms with Crippen molar-refractivity contribution in [1.29, 1.82) is 0 Å². The van der Waals surface area contributed by atoms with E-state index in [4.69, 9.17) is 15.2 Å². The number of nitrogens with one attached hydrogen (secondary N) is 1. The number of methoxy groups -OCH3 is 1. The molecule has 0 heterocycles. The van der Waals surface area contributed by atoms with Crippen molar-refractivity contribution in [2.75, 3.05) is 26.9 Å². The van der Waals surface area contributed by atoms with Crippen LogP contribution in [0, 0.1) is 6.92 Å². The van der Waals surface area contributed by atoms with Crippen LogP contribution in [-0.4, -0.2) is 38.9 Å². The first-order valence-electron chi connectivity index (χ1n) is 6.87. The van der Waals surface area contributed by atoms with Crippen molar-refractivity contribution in [2.24, 2.45) is 10.7 Å². The van der Waals surface area contributed by atoms with Gasteiger partial charge in [0.05, 0.1) is 13.2 Å². The Hall–Kier alpha value is -1.02. The minimum atomic E-state index is 0. The first-order chi connectivity index (χ1) is 9.63. The van der Waals surface area contributed by atoms with E-state index in [9.17, 15) is 0 Å². The quantitative estimate of drug-likeness (QED) is 0.301. The van der Waals surface area contributed by atoms with Gasteiger partial charge in [0.1, 0.15) is 5.75 Å². The molecular formula is C15H26IN3O2. The maximum Gasteiger partial charge on any atom is 0.188 e. The van der Waals surface area contributed by atoms with Crippen LogP contribution in [0.5, 0.6) is 5.75 Å². The Morgan fingerprint density at radius 1 is 1.38 bits per heavy atom. The predicted octanol–water partition coefficient (Wildman–Crippen LogP) is 2.32. The summed E-state index contributed by atoms with van der Waals surface area (Å²) in [5.41, 5.74) is 6.91. The second-order valence-electron chi connectivity index (χ2n) is 4.74. The minimum absolute atomic E-state index is 0. The monoisotopic (exact) mass is 407 g/mol. The standard InChI is InChI=1S/C15H25N3O2.HI/c1-12-7-4-5-8-14(12)20-10-6-9-17-15(16)18-13(2)11-19-3;/h4-5,7-8,13H,6,9-11H2,1-3H3,(H3,16,17,18);1H. The average molecular weight is 407 g/mol. The number of halogens is 1. The second-order valence-corrected chi connectivity index (χ2v) is 4.74. The molecule has 0 bridgehead atoms. The zero-order valence-electron chi connectivity index (χ0n) is 13.0. The number of para-hydroxylation sites is 1. The number of benzene rings is 1. The number of aliphatic imine (C=N–C) groups is 1. The Morgan fingerprint density at radius 2 is 2.10 bits per heavy atom. The molecule has 0 aliphatic heterocycles. The number of nitrogens with zero attached hydrogens (tertiary/aromatic N) is 1. The summed E-state index contributed by atoms with van der Waals surface area (Å²) in [5, 5.41) is 3.06. The molecule has 0 spiro atoms. The molecule has 3 N–H and O–H groups in total. The molecule has 5 nitrogen and oxygen atoms in total. The Labute approximate surface area is 144 Å². The van der Waals surface area contributed by atoms with Gasteiger partial charge in [-0.1, -0.05) is 18.2 Å². The Bertz CT molecular complexity index is 427. The molecule has 0 radical (unpaired) electrons. The Balaban J connectivity index is 0.00000400. The molecule has 1 unspecified atom stereocenters. The van der Waals surface area contributed by atoms with Gasteiger partial charge in [-0.05, 0) is 25.5 Å². The van der Waals surface area contributed by atoms with Crippen LogP contribution in [0.1, 0.15) is 18.9 Å². The SMILES string of the molecule is COCC(C)NC(N)=NCCCOc1ccccc1C.I. The largest absolute Gasteiger partial charge is 0.493 e. The van der Waals surface area contributed by atoms with Crippen LogP contribution in [0.2, 0.25) is 0 Å². The van der Waals surface area contributed by atoms with Crippen molar-refractivity contribution in [1.82, 2.24) is 5.32 Å². The molecule has 0 saturated carbocycles. The number of guanidine groups is 1. The van der Waals surface area contributed by atoms with Gasteiger partial charge in [-0.2, -0.15) is 0 Å². The fraction of sp³-hybridized carbons (Fsp3) is 0.533. The maximum absolute atomic E-state index is 5.76. The van der Waals surface area contributed by atoms with Crippen LogP contribution in [0.25, 0.3) is 0 Å². The summed E-state index contributed by atoms with van der Waals surface area (Å²) < 4.78 is 10.7. The number of hydrogen-bond donors (Lipinski definition) is 2. The van der Waals surface area contributed by atoms with Crippen molar-refractivity contribution in [3.05, 3.63) is 29.8 Å². The molecule has 0 saturated heterocycles. The summed E-state index contributed by atoms with van der Waals surface area (Å²) >= 11 is 0. The lowest BCUT2D eigenvalue weighted by molar-refractivity contribution is 0.179. The van der Waals surface area contributed by atoms with Crippen molar-refractivity contribution in [2.45, 2.75) is 26.3 Å². The van der Waals surface area contributed by atoms with Gasteiger partial charge in [-0.25, -0.2) is 0 Å². The highest BCUT2D eigenvalue weighted by Crippen LogP contribution is 2.15. The summed E-state index contributed by atoms with van der Waals surface area (Å²) in [5.74, 6) is 1.38. The van der Waals surface area contributed by atoms with E-state index in [2.05, 4.69) is 10.3 Å². The van der Waals surface area contributed by atoms with Gasteiger partial charge in [0, 0.05) is 26.1 Å². The molecule has 0 aliphatic carbocycles. The zero-order chi connectivity index (χ0) is 14.8. The lowest BCUT2D eigenvalue weighted by atomic mass is 10.2. The highest BCUT2D eigenvalue weighted by atomic mass is 127. The summed E-state index contributed by atoms with van der Waals surface area (Å²) in [7, 11) is 1.66. The molecule has 1 atom stereocenters. The van der Waals surface area contributed by atoms with Gasteiger partial charge in [0.2, 0.25) is 0 Å². The third-order valence-electron chi connectivity index (χ3n) is 2.75. The van der Waals surface area contributed by atoms with E-state index in [-0.39, 0.29) is 30.0 Å². The molecule has 0 aromatic heterocycles. The number of aryl methyl sites for hydroxylation is 1. The third kappa shape index (κ3) is 8.77. The van der Waals surface area contributed by atoms with Gasteiger partial charge in [0.15, 0.2) is 5.96 Å². The highest BCUT2D eigenvalue weighted by molar-refractivity contribution is 14.0. The van der Waals surface area contributed by atoms with Crippen LogP contribution in [0.15, 0.2) is 29.3 Å². The molecule has 1 aromatic carbocycles. The molecule has 0 fully saturated rings. The van der Waals surface area contributed by atoms with Gasteiger partial charge in [0.25, 0.3) is 0 Å². The Morgan fingerprint density at radius 3 is 2.76 bits per heavy atom. The lowest BCUT2D eigenvalue weighted by Gasteiger charge is -2.13. The molecular weight excluding hydrogens is 381 g/mol. The first kappa shape index (κ1) is 20.0. The van der Waals surface area contributed by atoms with E-state index < -0.39 is 0 Å². The van der Waals surface area contributed by atoms with Gasteiger partial charge >= 0.3 is 0 Å². The number of rotatable bonds is 8. The molecule has 21 heavy (non-hydrogen) atoms. The van der Waals surface area contributed by atoms with Gasteiger partial charge in [-0.3, -0.25) is 4.99 Å². The Kier molecular flexibility index (Phi) is 11.1. The molecule has 120 valence electrons. The second kappa shape index (κ2) is 11.6. The minimum Gasteiger partial charge on any atom is -0.493 e. The molecule has 0 amide bonds. The molecule has 0 aliphatic rings. The van der Waals surface area contributed by atoms with Crippen LogP contribution in [-0.2, 0) is 4.74 Å². The van der Waals surface area contributed by atoms with E-state index in [0.717, 1.165) is 17.7 Å². The zero-order valence-corrected chi connectivity index (χ0v) is 15.3. The summed E-state index contributed by atoms with van der Waals surface area (Å²) in [6.07, 6.45) is 0.829. The van der Waals surface area contributed by atoms with Crippen molar-refractivity contribution in [3.63, 3.8) is 0 Å². The molecule has 1 aromatic rings. The van der Waals surface area contributed by atoms with Crippen LogP contribution in [0.4, 0.5) is 0 Å². The molecule has 6 heteroatoms. The van der Waals surface area contributed by atoms with E-state index in [0.29, 0.717) is 25.7 Å². The number of nitrogens with two attached hydrogens (primary N) is 1. The fourth-order valence-electron chi connectivity index (χ4n) is 1.75. The fourth-order valence-corrected chi connectivity index (χ4v) is 1.75. The third-order valence-corrected chi connectivity index (χ3v) is 2.75.